The Kier molecular flexibility index (Phi) is 6.81. The lowest BCUT2D eigenvalue weighted by Crippen LogP contribution is -2.54. The molecule has 7 nitrogen and oxygen atoms in total. The summed E-state index contributed by atoms with van der Waals surface area (Å²) in [5, 5.41) is 13.3. The van der Waals surface area contributed by atoms with E-state index in [4.69, 9.17) is 17.5 Å². The number of nitrogens with one attached hydrogen (secondary N) is 1. The van der Waals surface area contributed by atoms with Crippen molar-refractivity contribution in [2.75, 3.05) is 26.7 Å². The molecular formula is C20H25ClFN5O2. The van der Waals surface area contributed by atoms with Gasteiger partial charge in [-0.15, -0.1) is 0 Å². The fraction of sp³-hybridized carbons (Fsp3) is 0.400. The van der Waals surface area contributed by atoms with Crippen LogP contribution in [0.2, 0.25) is 0 Å². The molecular weight excluding hydrogens is 397 g/mol. The number of aliphatic hydroxyl groups is 1. The van der Waals surface area contributed by atoms with Crippen LogP contribution in [0, 0.1) is 11.7 Å². The number of benzene rings is 1. The van der Waals surface area contributed by atoms with Crippen LogP contribution in [0.25, 0.3) is 0 Å². The highest BCUT2D eigenvalue weighted by molar-refractivity contribution is 6.13. The number of aromatic nitrogens is 1. The van der Waals surface area contributed by atoms with Gasteiger partial charge in [0.2, 0.25) is 5.91 Å². The van der Waals surface area contributed by atoms with E-state index in [-0.39, 0.29) is 11.7 Å². The van der Waals surface area contributed by atoms with Crippen molar-refractivity contribution in [1.82, 2.24) is 19.8 Å². The van der Waals surface area contributed by atoms with Crippen LogP contribution in [-0.2, 0) is 12.1 Å². The SMILES string of the molecule is CN(C[C@H]1CN(Cc2cncc(F)c2)CC[C@]1(O)c1cccc(C(N)=O)c1)NCl. The van der Waals surface area contributed by atoms with Crippen molar-refractivity contribution in [3.8, 4) is 0 Å². The van der Waals surface area contributed by atoms with Crippen molar-refractivity contribution in [2.45, 2.75) is 18.6 Å². The number of hydrazine groups is 1. The maximum Gasteiger partial charge on any atom is 0.248 e. The Balaban J connectivity index is 1.85. The molecule has 0 aliphatic carbocycles. The predicted octanol–water partition coefficient (Wildman–Crippen LogP) is 1.62. The second-order valence-electron chi connectivity index (χ2n) is 7.53. The van der Waals surface area contributed by atoms with Crippen molar-refractivity contribution in [3.63, 3.8) is 0 Å². The van der Waals surface area contributed by atoms with E-state index in [9.17, 15) is 14.3 Å². The third kappa shape index (κ3) is 5.09. The number of pyridine rings is 1. The van der Waals surface area contributed by atoms with Gasteiger partial charge in [0.1, 0.15) is 5.82 Å². The molecule has 0 radical (unpaired) electrons. The van der Waals surface area contributed by atoms with E-state index in [0.29, 0.717) is 43.7 Å². The number of nitrogens with zero attached hydrogens (tertiary/aromatic N) is 3. The summed E-state index contributed by atoms with van der Waals surface area (Å²) < 4.78 is 13.5. The molecule has 1 amide bonds. The van der Waals surface area contributed by atoms with Crippen LogP contribution in [0.5, 0.6) is 0 Å². The van der Waals surface area contributed by atoms with Crippen LogP contribution in [-0.4, -0.2) is 52.6 Å². The molecule has 3 rings (SSSR count). The molecule has 2 heterocycles. The lowest BCUT2D eigenvalue weighted by atomic mass is 9.75. The Morgan fingerprint density at radius 2 is 2.28 bits per heavy atom. The minimum atomic E-state index is -1.16. The minimum Gasteiger partial charge on any atom is -0.385 e. The lowest BCUT2D eigenvalue weighted by Gasteiger charge is -2.46. The van der Waals surface area contributed by atoms with Gasteiger partial charge in [-0.05, 0) is 47.5 Å². The Labute approximate surface area is 174 Å². The molecule has 9 heteroatoms. The first-order chi connectivity index (χ1) is 13.8. The van der Waals surface area contributed by atoms with Gasteiger partial charge < -0.3 is 10.8 Å². The highest BCUT2D eigenvalue weighted by Gasteiger charge is 2.43. The van der Waals surface area contributed by atoms with Gasteiger partial charge in [0.05, 0.1) is 11.8 Å². The molecule has 0 unspecified atom stereocenters. The van der Waals surface area contributed by atoms with Crippen LogP contribution in [0.1, 0.15) is 27.9 Å². The van der Waals surface area contributed by atoms with Gasteiger partial charge in [0, 0.05) is 50.9 Å². The number of hydrogen-bond acceptors (Lipinski definition) is 6. The van der Waals surface area contributed by atoms with Gasteiger partial charge in [-0.3, -0.25) is 14.7 Å². The summed E-state index contributed by atoms with van der Waals surface area (Å²) in [6.45, 7) is 2.13. The molecule has 0 bridgehead atoms. The maximum atomic E-state index is 13.5. The molecule has 0 spiro atoms. The zero-order valence-corrected chi connectivity index (χ0v) is 16.9. The molecule has 2 atom stereocenters. The average molecular weight is 422 g/mol. The smallest absolute Gasteiger partial charge is 0.248 e. The van der Waals surface area contributed by atoms with Gasteiger partial charge in [-0.25, -0.2) is 9.40 Å². The second-order valence-corrected chi connectivity index (χ2v) is 7.70. The lowest BCUT2D eigenvalue weighted by molar-refractivity contribution is -0.0892. The van der Waals surface area contributed by atoms with Crippen molar-refractivity contribution in [2.24, 2.45) is 11.7 Å². The highest BCUT2D eigenvalue weighted by atomic mass is 35.5. The quantitative estimate of drug-likeness (QED) is 0.464. The topological polar surface area (TPSA) is 94.7 Å². The molecule has 4 N–H and O–H groups in total. The Morgan fingerprint density at radius 3 is 2.97 bits per heavy atom. The molecule has 1 aromatic heterocycles. The number of piperidine rings is 1. The summed E-state index contributed by atoms with van der Waals surface area (Å²) >= 11 is 5.73. The van der Waals surface area contributed by atoms with Crippen LogP contribution in [0.15, 0.2) is 42.7 Å². The molecule has 1 fully saturated rings. The van der Waals surface area contributed by atoms with Gasteiger partial charge >= 0.3 is 0 Å². The Hall–Kier alpha value is -2.10. The fourth-order valence-electron chi connectivity index (χ4n) is 3.93. The van der Waals surface area contributed by atoms with Gasteiger partial charge in [0.25, 0.3) is 0 Å². The Bertz CT molecular complexity index is 870. The van der Waals surface area contributed by atoms with Gasteiger partial charge in [-0.2, -0.15) is 4.94 Å². The van der Waals surface area contributed by atoms with E-state index in [2.05, 4.69) is 14.8 Å². The number of carbonyl (C=O) groups excluding carboxylic acids is 1. The number of carbonyl (C=O) groups is 1. The number of nitrogens with two attached hydrogens (primary N) is 1. The van der Waals surface area contributed by atoms with Crippen LogP contribution in [0.4, 0.5) is 4.39 Å². The first kappa shape index (κ1) is 21.6. The van der Waals surface area contributed by atoms with E-state index in [1.807, 2.05) is 0 Å². The molecule has 29 heavy (non-hydrogen) atoms. The zero-order chi connectivity index (χ0) is 21.0. The van der Waals surface area contributed by atoms with E-state index < -0.39 is 11.5 Å². The normalized spacial score (nSPS) is 22.7. The number of amides is 1. The third-order valence-electron chi connectivity index (χ3n) is 5.42. The summed E-state index contributed by atoms with van der Waals surface area (Å²) in [6.07, 6.45) is 3.26. The largest absolute Gasteiger partial charge is 0.385 e. The summed E-state index contributed by atoms with van der Waals surface area (Å²) in [5.41, 5.74) is 6.02. The first-order valence-corrected chi connectivity index (χ1v) is 9.71. The summed E-state index contributed by atoms with van der Waals surface area (Å²) in [5.74, 6) is -1.14. The van der Waals surface area contributed by atoms with Crippen LogP contribution in [0.3, 0.4) is 0 Å². The van der Waals surface area contributed by atoms with E-state index in [0.717, 1.165) is 5.56 Å². The van der Waals surface area contributed by atoms with E-state index in [1.54, 1.807) is 42.5 Å². The predicted molar refractivity (Wildman–Crippen MR) is 108 cm³/mol. The molecule has 156 valence electrons. The average Bonchev–Trinajstić information content (AvgIpc) is 2.70. The van der Waals surface area contributed by atoms with Crippen LogP contribution >= 0.6 is 11.8 Å². The fourth-order valence-corrected chi connectivity index (χ4v) is 4.00. The van der Waals surface area contributed by atoms with Gasteiger partial charge in [-0.1, -0.05) is 12.1 Å². The summed E-state index contributed by atoms with van der Waals surface area (Å²) in [6, 6.07) is 8.27. The monoisotopic (exact) mass is 421 g/mol. The maximum absolute atomic E-state index is 13.5. The van der Waals surface area contributed by atoms with Crippen molar-refractivity contribution < 1.29 is 14.3 Å². The number of rotatable bonds is 7. The van der Waals surface area contributed by atoms with Crippen LogP contribution < -0.4 is 10.7 Å². The minimum absolute atomic E-state index is 0.225. The van der Waals surface area contributed by atoms with Crippen molar-refractivity contribution in [1.29, 1.82) is 0 Å². The number of likely N-dealkylation sites (tertiary alicyclic amines) is 1. The summed E-state index contributed by atoms with van der Waals surface area (Å²) in [4.78, 5) is 20.2. The first-order valence-electron chi connectivity index (χ1n) is 9.33. The number of primary amides is 1. The number of hydrogen-bond donors (Lipinski definition) is 3. The standard InChI is InChI=1S/C20H25ClFN5O2/c1-26(25-21)12-17-13-27(11-14-7-18(22)10-24-9-14)6-5-20(17,29)16-4-2-3-15(8-16)19(23)28/h2-4,7-10,17,25,29H,5-6,11-13H2,1H3,(H2,23,28)/t17-,20-/m0/s1. The highest BCUT2D eigenvalue weighted by Crippen LogP contribution is 2.38. The molecule has 1 aromatic carbocycles. The van der Waals surface area contributed by atoms with Crippen molar-refractivity contribution >= 4 is 17.7 Å². The Morgan fingerprint density at radius 1 is 1.48 bits per heavy atom. The summed E-state index contributed by atoms with van der Waals surface area (Å²) in [7, 11) is 1.78. The molecule has 1 aliphatic heterocycles. The van der Waals surface area contributed by atoms with E-state index >= 15 is 0 Å². The molecule has 2 aromatic rings. The molecule has 0 saturated carbocycles. The second kappa shape index (κ2) is 9.15. The van der Waals surface area contributed by atoms with Gasteiger partial charge in [0.15, 0.2) is 0 Å². The van der Waals surface area contributed by atoms with E-state index in [1.165, 1.54) is 12.3 Å². The molecule has 1 aliphatic rings. The third-order valence-corrected chi connectivity index (χ3v) is 5.70. The number of halogens is 2. The van der Waals surface area contributed by atoms with Crippen molar-refractivity contribution in [3.05, 3.63) is 65.2 Å². The zero-order valence-electron chi connectivity index (χ0n) is 16.2. The molecule has 1 saturated heterocycles.